The molecule has 1 aromatic carbocycles. The molecule has 112 valence electrons. The van der Waals surface area contributed by atoms with Crippen molar-refractivity contribution in [2.75, 3.05) is 7.11 Å². The molecule has 5 heteroatoms. The maximum Gasteiger partial charge on any atom is 0.309 e. The second kappa shape index (κ2) is 6.76. The molecule has 0 radical (unpaired) electrons. The molecule has 0 N–H and O–H groups in total. The molecule has 21 heavy (non-hydrogen) atoms. The monoisotopic (exact) mass is 306 g/mol. The van der Waals surface area contributed by atoms with Gasteiger partial charge in [-0.3, -0.25) is 4.79 Å². The van der Waals surface area contributed by atoms with Crippen LogP contribution in [0.15, 0.2) is 24.5 Å². The lowest BCUT2D eigenvalue weighted by atomic mass is 9.94. The maximum absolute atomic E-state index is 11.6. The van der Waals surface area contributed by atoms with Gasteiger partial charge in [-0.05, 0) is 41.7 Å². The summed E-state index contributed by atoms with van der Waals surface area (Å²) in [5.74, 6) is -0.214. The van der Waals surface area contributed by atoms with Crippen LogP contribution < -0.4 is 0 Å². The number of ether oxygens (including phenoxy) is 1. The van der Waals surface area contributed by atoms with Crippen LogP contribution in [0.25, 0.3) is 5.69 Å². The number of carbonyl (C=O) groups excluding carboxylic acids is 1. The number of hydrogen-bond acceptors (Lipinski definition) is 3. The molecule has 1 heterocycles. The minimum atomic E-state index is -0.214. The van der Waals surface area contributed by atoms with Crippen LogP contribution in [0.2, 0.25) is 5.02 Å². The molecule has 0 atom stereocenters. The van der Waals surface area contributed by atoms with Crippen molar-refractivity contribution < 1.29 is 9.53 Å². The summed E-state index contributed by atoms with van der Waals surface area (Å²) in [4.78, 5) is 11.6. The van der Waals surface area contributed by atoms with Gasteiger partial charge >= 0.3 is 5.97 Å². The molecule has 0 amide bonds. The van der Waals surface area contributed by atoms with Gasteiger partial charge in [-0.25, -0.2) is 4.68 Å². The molecule has 4 nitrogen and oxygen atoms in total. The van der Waals surface area contributed by atoms with Crippen molar-refractivity contribution in [1.82, 2.24) is 9.78 Å². The van der Waals surface area contributed by atoms with Crippen LogP contribution in [-0.4, -0.2) is 22.9 Å². The van der Waals surface area contributed by atoms with Crippen LogP contribution in [-0.2, 0) is 28.8 Å². The van der Waals surface area contributed by atoms with Crippen LogP contribution >= 0.6 is 11.6 Å². The second-order valence-corrected chi connectivity index (χ2v) is 5.24. The summed E-state index contributed by atoms with van der Waals surface area (Å²) >= 11 is 5.93. The Labute approximate surface area is 129 Å². The third-order valence-corrected chi connectivity index (χ3v) is 3.74. The normalized spacial score (nSPS) is 10.7. The highest BCUT2D eigenvalue weighted by Crippen LogP contribution is 2.23. The number of aromatic nitrogens is 2. The van der Waals surface area contributed by atoms with E-state index in [1.807, 2.05) is 0 Å². The third-order valence-electron chi connectivity index (χ3n) is 3.55. The number of esters is 1. The zero-order valence-electron chi connectivity index (χ0n) is 12.5. The van der Waals surface area contributed by atoms with E-state index in [4.69, 9.17) is 16.3 Å². The zero-order chi connectivity index (χ0) is 15.4. The van der Waals surface area contributed by atoms with Gasteiger partial charge in [0.05, 0.1) is 30.4 Å². The van der Waals surface area contributed by atoms with Crippen LogP contribution in [0.5, 0.6) is 0 Å². The van der Waals surface area contributed by atoms with Gasteiger partial charge in [-0.2, -0.15) is 5.10 Å². The first-order chi connectivity index (χ1) is 10.1. The molecule has 0 aliphatic carbocycles. The van der Waals surface area contributed by atoms with Gasteiger partial charge in [0.1, 0.15) is 0 Å². The summed E-state index contributed by atoms with van der Waals surface area (Å²) in [6.45, 7) is 4.16. The summed E-state index contributed by atoms with van der Waals surface area (Å²) in [7, 11) is 1.42. The third kappa shape index (κ3) is 3.45. The number of rotatable bonds is 5. The standard InChI is InChI=1S/C16H19ClN2O2/c1-4-11-6-14(19-10-13(17)9-18-19)7-12(5-2)15(11)8-16(20)21-3/h6-7,9-10H,4-5,8H2,1-3H3. The molecule has 0 saturated heterocycles. The fourth-order valence-corrected chi connectivity index (χ4v) is 2.56. The Morgan fingerprint density at radius 3 is 2.33 bits per heavy atom. The summed E-state index contributed by atoms with van der Waals surface area (Å²) in [6, 6.07) is 4.11. The van der Waals surface area contributed by atoms with Crippen molar-refractivity contribution in [3.63, 3.8) is 0 Å². The highest BCUT2D eigenvalue weighted by Gasteiger charge is 2.14. The maximum atomic E-state index is 11.6. The van der Waals surface area contributed by atoms with E-state index >= 15 is 0 Å². The average Bonchev–Trinajstić information content (AvgIpc) is 2.93. The van der Waals surface area contributed by atoms with E-state index in [0.717, 1.165) is 35.2 Å². The van der Waals surface area contributed by atoms with E-state index in [0.29, 0.717) is 11.4 Å². The van der Waals surface area contributed by atoms with Crippen molar-refractivity contribution in [2.45, 2.75) is 33.1 Å². The molecule has 2 aromatic rings. The predicted octanol–water partition coefficient (Wildman–Crippen LogP) is 3.37. The van der Waals surface area contributed by atoms with Crippen molar-refractivity contribution in [1.29, 1.82) is 0 Å². The minimum Gasteiger partial charge on any atom is -0.469 e. The molecule has 0 aliphatic heterocycles. The van der Waals surface area contributed by atoms with Gasteiger partial charge < -0.3 is 4.74 Å². The van der Waals surface area contributed by atoms with E-state index in [1.54, 1.807) is 17.1 Å². The number of hydrogen-bond donors (Lipinski definition) is 0. The van der Waals surface area contributed by atoms with Gasteiger partial charge in [-0.1, -0.05) is 25.4 Å². The fraction of sp³-hybridized carbons (Fsp3) is 0.375. The number of benzene rings is 1. The average molecular weight is 307 g/mol. The first-order valence-electron chi connectivity index (χ1n) is 7.01. The molecule has 0 saturated carbocycles. The van der Waals surface area contributed by atoms with Crippen molar-refractivity contribution >= 4 is 17.6 Å². The van der Waals surface area contributed by atoms with E-state index in [9.17, 15) is 4.79 Å². The number of aryl methyl sites for hydroxylation is 2. The number of halogens is 1. The molecule has 0 unspecified atom stereocenters. The number of carbonyl (C=O) groups is 1. The lowest BCUT2D eigenvalue weighted by Crippen LogP contribution is -2.10. The number of nitrogens with zero attached hydrogens (tertiary/aromatic N) is 2. The van der Waals surface area contributed by atoms with Gasteiger partial charge in [0.15, 0.2) is 0 Å². The van der Waals surface area contributed by atoms with Crippen molar-refractivity contribution in [2.24, 2.45) is 0 Å². The van der Waals surface area contributed by atoms with Crippen LogP contribution in [0.3, 0.4) is 0 Å². The molecular weight excluding hydrogens is 288 g/mol. The number of methoxy groups -OCH3 is 1. The second-order valence-electron chi connectivity index (χ2n) is 4.81. The Bertz CT molecular complexity index is 624. The fourth-order valence-electron chi connectivity index (χ4n) is 2.43. The van der Waals surface area contributed by atoms with Gasteiger partial charge in [-0.15, -0.1) is 0 Å². The molecule has 2 rings (SSSR count). The van der Waals surface area contributed by atoms with Crippen LogP contribution in [0, 0.1) is 0 Å². The first-order valence-corrected chi connectivity index (χ1v) is 7.38. The van der Waals surface area contributed by atoms with E-state index < -0.39 is 0 Å². The van der Waals surface area contributed by atoms with Crippen molar-refractivity contribution in [3.8, 4) is 5.69 Å². The Morgan fingerprint density at radius 2 is 1.90 bits per heavy atom. The van der Waals surface area contributed by atoms with Gasteiger partial charge in [0.2, 0.25) is 0 Å². The van der Waals surface area contributed by atoms with Crippen LogP contribution in [0.4, 0.5) is 0 Å². The van der Waals surface area contributed by atoms with Crippen LogP contribution in [0.1, 0.15) is 30.5 Å². The first kappa shape index (κ1) is 15.6. The SMILES string of the molecule is CCc1cc(-n2cc(Cl)cn2)cc(CC)c1CC(=O)OC. The highest BCUT2D eigenvalue weighted by molar-refractivity contribution is 6.30. The summed E-state index contributed by atoms with van der Waals surface area (Å²) < 4.78 is 6.55. The highest BCUT2D eigenvalue weighted by atomic mass is 35.5. The molecular formula is C16H19ClN2O2. The van der Waals surface area contributed by atoms with Gasteiger partial charge in [0.25, 0.3) is 0 Å². The molecule has 0 bridgehead atoms. The van der Waals surface area contributed by atoms with Crippen molar-refractivity contribution in [3.05, 3.63) is 46.2 Å². The summed E-state index contributed by atoms with van der Waals surface area (Å²) in [5, 5.41) is 4.84. The molecule has 0 aliphatic rings. The minimum absolute atomic E-state index is 0.214. The Morgan fingerprint density at radius 1 is 1.29 bits per heavy atom. The largest absolute Gasteiger partial charge is 0.469 e. The zero-order valence-corrected chi connectivity index (χ0v) is 13.3. The molecule has 0 spiro atoms. The topological polar surface area (TPSA) is 44.1 Å². The Kier molecular flexibility index (Phi) is 5.02. The van der Waals surface area contributed by atoms with E-state index in [1.165, 1.54) is 7.11 Å². The molecule has 1 aromatic heterocycles. The predicted molar refractivity (Wildman–Crippen MR) is 83.1 cm³/mol. The van der Waals surface area contributed by atoms with E-state index in [2.05, 4.69) is 31.1 Å². The Hall–Kier alpha value is -1.81. The summed E-state index contributed by atoms with van der Waals surface area (Å²) in [6.07, 6.45) is 5.39. The lowest BCUT2D eigenvalue weighted by Gasteiger charge is -2.15. The smallest absolute Gasteiger partial charge is 0.309 e. The lowest BCUT2D eigenvalue weighted by molar-refractivity contribution is -0.139. The van der Waals surface area contributed by atoms with Gasteiger partial charge in [0, 0.05) is 6.20 Å². The molecule has 0 fully saturated rings. The Balaban J connectivity index is 2.50. The summed E-state index contributed by atoms with van der Waals surface area (Å²) in [5.41, 5.74) is 4.31. The van der Waals surface area contributed by atoms with E-state index in [-0.39, 0.29) is 5.97 Å². The quantitative estimate of drug-likeness (QED) is 0.796.